The van der Waals surface area contributed by atoms with Gasteiger partial charge in [-0.25, -0.2) is 18.4 Å². The third kappa shape index (κ3) is 9.59. The Morgan fingerprint density at radius 3 is 2.07 bits per heavy atom. The summed E-state index contributed by atoms with van der Waals surface area (Å²) < 4.78 is 77.1. The fourth-order valence-corrected chi connectivity index (χ4v) is 14.8. The lowest BCUT2D eigenvalue weighted by Gasteiger charge is -2.60. The van der Waals surface area contributed by atoms with Gasteiger partial charge in [0.25, 0.3) is 0 Å². The van der Waals surface area contributed by atoms with Crippen LogP contribution in [0.3, 0.4) is 0 Å². The molecule has 0 radical (unpaired) electrons. The number of aliphatic hydroxyl groups is 5. The van der Waals surface area contributed by atoms with Crippen LogP contribution in [0.5, 0.6) is 0 Å². The van der Waals surface area contributed by atoms with Crippen molar-refractivity contribution >= 4 is 29.3 Å². The van der Waals surface area contributed by atoms with Crippen molar-refractivity contribution in [1.82, 2.24) is 0 Å². The average Bonchev–Trinajstić information content (AvgIpc) is 3.80. The molecule has 4 aliphatic heterocycles. The largest absolute Gasteiger partial charge is 0.446 e. The lowest BCUT2D eigenvalue weighted by molar-refractivity contribution is -0.363. The highest BCUT2D eigenvalue weighted by molar-refractivity contribution is 5.86. The van der Waals surface area contributed by atoms with Crippen molar-refractivity contribution in [2.45, 2.75) is 165 Å². The summed E-state index contributed by atoms with van der Waals surface area (Å²) in [5, 5.41) is 60.8. The molecule has 1 spiro atoms. The maximum absolute atomic E-state index is 14.7. The fourth-order valence-electron chi connectivity index (χ4n) is 14.8. The van der Waals surface area contributed by atoms with Crippen LogP contribution in [-0.2, 0) is 42.7 Å². The number of nitrogens with one attached hydrogen (secondary N) is 2. The van der Waals surface area contributed by atoms with Gasteiger partial charge in [-0.3, -0.25) is 15.4 Å². The van der Waals surface area contributed by atoms with E-state index in [1.807, 2.05) is 0 Å². The van der Waals surface area contributed by atoms with E-state index in [-0.39, 0.29) is 57.9 Å². The Morgan fingerprint density at radius 2 is 1.41 bits per heavy atom. The van der Waals surface area contributed by atoms with Crippen molar-refractivity contribution in [3.05, 3.63) is 60.2 Å². The number of halogens is 2. The van der Waals surface area contributed by atoms with Crippen molar-refractivity contribution in [3.63, 3.8) is 0 Å². The lowest BCUT2D eigenvalue weighted by Crippen LogP contribution is -2.65. The molecule has 2 aromatic rings. The molecular formula is C53H70F2N2O16. The normalized spacial score (nSPS) is 45.1. The lowest BCUT2D eigenvalue weighted by atomic mass is 9.44. The summed E-state index contributed by atoms with van der Waals surface area (Å²) in [5.74, 6) is -0.159. The monoisotopic (exact) mass is 1030 g/mol. The highest BCUT2D eigenvalue weighted by atomic mass is 19.1. The van der Waals surface area contributed by atoms with Gasteiger partial charge in [-0.15, -0.1) is 0 Å². The summed E-state index contributed by atoms with van der Waals surface area (Å²) in [4.78, 5) is 40.4. The minimum absolute atomic E-state index is 0.0725. The van der Waals surface area contributed by atoms with Gasteiger partial charge in [0.2, 0.25) is 0 Å². The molecule has 8 aliphatic rings. The number of carbonyl (C=O) groups excluding carboxylic acids is 3. The average molecular weight is 1030 g/mol. The van der Waals surface area contributed by atoms with E-state index in [2.05, 4.69) is 38.3 Å². The zero-order valence-corrected chi connectivity index (χ0v) is 41.6. The van der Waals surface area contributed by atoms with Crippen LogP contribution < -0.4 is 10.6 Å². The number of ketones is 1. The van der Waals surface area contributed by atoms with Gasteiger partial charge in [0.15, 0.2) is 24.5 Å². The molecule has 7 N–H and O–H groups in total. The Kier molecular flexibility index (Phi) is 14.8. The third-order valence-electron chi connectivity index (χ3n) is 18.5. The number of Topliss-reactive ketones (excluding diaryl/α,β-unsaturated/α-hetero) is 1. The van der Waals surface area contributed by atoms with Crippen molar-refractivity contribution < 1.29 is 86.6 Å². The molecule has 0 bridgehead atoms. The number of amides is 2. The van der Waals surface area contributed by atoms with Crippen LogP contribution in [0.1, 0.15) is 85.5 Å². The molecule has 4 saturated heterocycles. The van der Waals surface area contributed by atoms with Gasteiger partial charge < -0.3 is 63.4 Å². The Balaban J connectivity index is 0.775. The number of hydrogen-bond donors (Lipinski definition) is 7. The van der Waals surface area contributed by atoms with Gasteiger partial charge in [-0.2, -0.15) is 0 Å². The molecule has 1 unspecified atom stereocenters. The summed E-state index contributed by atoms with van der Waals surface area (Å²) in [6.07, 6.45) is -13.1. The van der Waals surface area contributed by atoms with Crippen molar-refractivity contribution in [2.24, 2.45) is 52.3 Å². The van der Waals surface area contributed by atoms with Crippen molar-refractivity contribution in [3.8, 4) is 0 Å². The second-order valence-corrected chi connectivity index (χ2v) is 22.7. The van der Waals surface area contributed by atoms with Crippen LogP contribution in [0.15, 0.2) is 48.5 Å². The van der Waals surface area contributed by atoms with E-state index in [9.17, 15) is 48.7 Å². The van der Waals surface area contributed by atoms with E-state index < -0.39 is 110 Å². The van der Waals surface area contributed by atoms with E-state index in [0.717, 1.165) is 44.2 Å². The van der Waals surface area contributed by atoms with Crippen molar-refractivity contribution in [2.75, 3.05) is 30.5 Å². The topological polar surface area (TPSA) is 250 Å². The van der Waals surface area contributed by atoms with E-state index in [1.54, 1.807) is 0 Å². The number of hydrogen-bond acceptors (Lipinski definition) is 16. The first kappa shape index (κ1) is 52.5. The molecule has 2 aromatic carbocycles. The Morgan fingerprint density at radius 1 is 0.767 bits per heavy atom. The van der Waals surface area contributed by atoms with Gasteiger partial charge in [-0.05, 0) is 110 Å². The van der Waals surface area contributed by atoms with Crippen LogP contribution >= 0.6 is 0 Å². The molecule has 4 heterocycles. The molecule has 2 amide bonds. The molecule has 18 nitrogen and oxygen atoms in total. The molecule has 22 atom stereocenters. The highest BCUT2D eigenvalue weighted by Crippen LogP contribution is 2.70. The molecule has 402 valence electrons. The maximum atomic E-state index is 14.7. The molecular weight excluding hydrogens is 959 g/mol. The summed E-state index contributed by atoms with van der Waals surface area (Å²) in [7, 11) is 0. The van der Waals surface area contributed by atoms with E-state index in [0.29, 0.717) is 49.9 Å². The fraction of sp³-hybridized carbons (Fsp3) is 0.717. The second kappa shape index (κ2) is 20.5. The minimum atomic E-state index is -2.04. The van der Waals surface area contributed by atoms with Gasteiger partial charge in [0.05, 0.1) is 36.8 Å². The zero-order chi connectivity index (χ0) is 51.7. The standard InChI is InChI=1S/C53H70F2N2O16/c1-25-15-18-53(67-23-25)26(2)39-36(73-53)20-30-29-14-13-27-19-28(16-17-51(27,3)40(29)35(59)21-52(30,39)4)68-47-43(62)41(60)45(37(22-58)69-47)71-48-44(63)42(61)46(72-50(65)57-34-12-8-6-10-32(34)55)38(70-48)24-66-49(64)56-33-11-7-5-9-31(33)54/h5-12,25-30,36-48,58,60-63H,13-24H2,1-4H3,(H,56,64)(H,57,65)/t25-,26+,27+,28+,29+,30+,36+,37+,38+,39+,40-,41-,42-,43+,44?,45-,46-,47-,48+,51+,52+,53-/m1/s1. The maximum Gasteiger partial charge on any atom is 0.412 e. The molecule has 4 aliphatic carbocycles. The number of para-hydroxylation sites is 2. The predicted molar refractivity (Wildman–Crippen MR) is 252 cm³/mol. The van der Waals surface area contributed by atoms with Crippen LogP contribution in [0.2, 0.25) is 0 Å². The van der Waals surface area contributed by atoms with Gasteiger partial charge in [-0.1, -0.05) is 52.0 Å². The molecule has 8 fully saturated rings. The Bertz CT molecular complexity index is 2340. The number of aliphatic hydroxyl groups excluding tert-OH is 5. The van der Waals surface area contributed by atoms with Gasteiger partial charge >= 0.3 is 12.2 Å². The van der Waals surface area contributed by atoms with Gasteiger partial charge in [0.1, 0.15) is 66.8 Å². The van der Waals surface area contributed by atoms with E-state index in [4.69, 9.17) is 37.9 Å². The van der Waals surface area contributed by atoms with Crippen LogP contribution in [0.4, 0.5) is 29.7 Å². The van der Waals surface area contributed by atoms with Crippen molar-refractivity contribution in [1.29, 1.82) is 0 Å². The highest BCUT2D eigenvalue weighted by Gasteiger charge is 2.71. The Labute approximate surface area is 422 Å². The number of anilines is 2. The van der Waals surface area contributed by atoms with Crippen LogP contribution in [-0.4, -0.2) is 143 Å². The second-order valence-electron chi connectivity index (χ2n) is 22.7. The van der Waals surface area contributed by atoms with Crippen LogP contribution in [0, 0.1) is 63.9 Å². The number of fused-ring (bicyclic) bond motifs is 7. The quantitative estimate of drug-likeness (QED) is 0.147. The number of benzene rings is 2. The molecule has 4 saturated carbocycles. The molecule has 10 rings (SSSR count). The summed E-state index contributed by atoms with van der Waals surface area (Å²) in [6.45, 7) is 8.23. The third-order valence-corrected chi connectivity index (χ3v) is 18.5. The summed E-state index contributed by atoms with van der Waals surface area (Å²) >= 11 is 0. The minimum Gasteiger partial charge on any atom is -0.446 e. The van der Waals surface area contributed by atoms with E-state index in [1.165, 1.54) is 36.4 Å². The first-order valence-corrected chi connectivity index (χ1v) is 26.0. The first-order chi connectivity index (χ1) is 34.8. The number of rotatable bonds is 10. The SMILES string of the molecule is C[C@@H]1CC[C@@]2(OC1)O[C@H]1C[C@H]3[C@@H]4CC[C@H]5C[C@@H](O[C@@H]6O[C@@H](CO)[C@@H](O[C@@H]7O[C@@H](COC(=O)Nc8ccccc8F)[C@@H](OC(=O)Nc8ccccc8F)[C@H](O)C7O)[C@H](O)[C@@H]6O)CC[C@]5(C)[C@H]4C(=O)C[C@]3(C)[C@H]1[C@@H]2C. The predicted octanol–water partition coefficient (Wildman–Crippen LogP) is 5.41. The molecule has 73 heavy (non-hydrogen) atoms. The van der Waals surface area contributed by atoms with E-state index >= 15 is 0 Å². The smallest absolute Gasteiger partial charge is 0.412 e. The molecule has 0 aromatic heterocycles. The summed E-state index contributed by atoms with van der Waals surface area (Å²) in [6, 6.07) is 10.4. The Hall–Kier alpha value is -3.93. The number of ether oxygens (including phenoxy) is 8. The van der Waals surface area contributed by atoms with Crippen LogP contribution in [0.25, 0.3) is 0 Å². The number of carbonyl (C=O) groups is 3. The summed E-state index contributed by atoms with van der Waals surface area (Å²) in [5.41, 5.74) is -0.922. The first-order valence-electron chi connectivity index (χ1n) is 26.0. The zero-order valence-electron chi connectivity index (χ0n) is 41.6. The van der Waals surface area contributed by atoms with Gasteiger partial charge in [0, 0.05) is 24.7 Å². The molecule has 20 heteroatoms.